The van der Waals surface area contributed by atoms with Gasteiger partial charge in [0, 0.05) is 11.7 Å². The molecule has 100 valence electrons. The predicted octanol–water partition coefficient (Wildman–Crippen LogP) is 3.30. The van der Waals surface area contributed by atoms with Gasteiger partial charge < -0.3 is 5.73 Å². The van der Waals surface area contributed by atoms with Crippen molar-refractivity contribution in [2.75, 3.05) is 0 Å². The Bertz CT molecular complexity index is 565. The molecule has 1 heterocycles. The Kier molecular flexibility index (Phi) is 3.15. The van der Waals surface area contributed by atoms with Gasteiger partial charge in [-0.25, -0.2) is 4.68 Å². The van der Waals surface area contributed by atoms with Gasteiger partial charge in [0.15, 0.2) is 0 Å². The van der Waals surface area contributed by atoms with Crippen molar-refractivity contribution in [3.05, 3.63) is 47.8 Å². The van der Waals surface area contributed by atoms with E-state index in [1.807, 2.05) is 17.1 Å². The summed E-state index contributed by atoms with van der Waals surface area (Å²) in [5.41, 5.74) is 9.98. The van der Waals surface area contributed by atoms with Crippen molar-refractivity contribution >= 4 is 0 Å². The van der Waals surface area contributed by atoms with Crippen molar-refractivity contribution in [1.82, 2.24) is 9.78 Å². The van der Waals surface area contributed by atoms with Gasteiger partial charge in [0.25, 0.3) is 0 Å². The summed E-state index contributed by atoms with van der Waals surface area (Å²) < 4.78 is 1.92. The molecule has 0 spiro atoms. The molecule has 2 aromatic rings. The number of rotatable bonds is 2. The lowest BCUT2D eigenvalue weighted by molar-refractivity contribution is 0.302. The summed E-state index contributed by atoms with van der Waals surface area (Å²) in [5, 5.41) is 4.37. The van der Waals surface area contributed by atoms with Crippen LogP contribution < -0.4 is 5.73 Å². The highest BCUT2D eigenvalue weighted by Gasteiger charge is 2.29. The van der Waals surface area contributed by atoms with E-state index >= 15 is 0 Å². The first-order chi connectivity index (χ1) is 9.17. The van der Waals surface area contributed by atoms with Gasteiger partial charge in [0.2, 0.25) is 0 Å². The van der Waals surface area contributed by atoms with Crippen molar-refractivity contribution in [2.24, 2.45) is 5.73 Å². The average Bonchev–Trinajstić information content (AvgIpc) is 2.87. The smallest absolute Gasteiger partial charge is 0.0649 e. The molecule has 1 aliphatic rings. The fourth-order valence-corrected chi connectivity index (χ4v) is 2.98. The van der Waals surface area contributed by atoms with Gasteiger partial charge in [-0.2, -0.15) is 5.10 Å². The number of nitrogens with two attached hydrogens (primary N) is 1. The molecule has 0 radical (unpaired) electrons. The van der Waals surface area contributed by atoms with Gasteiger partial charge in [-0.15, -0.1) is 0 Å². The van der Waals surface area contributed by atoms with Gasteiger partial charge in [0.05, 0.1) is 11.9 Å². The van der Waals surface area contributed by atoms with Crippen LogP contribution in [0.3, 0.4) is 0 Å². The zero-order valence-corrected chi connectivity index (χ0v) is 11.5. The molecular formula is C16H21N3. The van der Waals surface area contributed by atoms with Crippen LogP contribution in [0.25, 0.3) is 5.69 Å². The second-order valence-corrected chi connectivity index (χ2v) is 5.73. The molecular weight excluding hydrogens is 234 g/mol. The lowest BCUT2D eigenvalue weighted by Crippen LogP contribution is -2.38. The number of aromatic nitrogens is 2. The molecule has 1 saturated carbocycles. The minimum absolute atomic E-state index is 0.142. The monoisotopic (exact) mass is 255 g/mol. The molecule has 0 bridgehead atoms. The van der Waals surface area contributed by atoms with Crippen LogP contribution in [-0.4, -0.2) is 9.78 Å². The van der Waals surface area contributed by atoms with Crippen molar-refractivity contribution in [1.29, 1.82) is 0 Å². The first-order valence-electron chi connectivity index (χ1n) is 7.08. The standard InChI is InChI=1S/C16H21N3/c1-13-11-18-19(12-13)15-7-5-6-14(10-15)16(17)8-3-2-4-9-16/h5-7,10-12H,2-4,8-9,17H2,1H3. The molecule has 1 fully saturated rings. The van der Waals surface area contributed by atoms with Crippen LogP contribution in [0.4, 0.5) is 0 Å². The summed E-state index contributed by atoms with van der Waals surface area (Å²) in [4.78, 5) is 0. The van der Waals surface area contributed by atoms with Crippen LogP contribution in [0.2, 0.25) is 0 Å². The van der Waals surface area contributed by atoms with Crippen molar-refractivity contribution < 1.29 is 0 Å². The van der Waals surface area contributed by atoms with E-state index in [4.69, 9.17) is 5.73 Å². The van der Waals surface area contributed by atoms with Crippen LogP contribution in [0, 0.1) is 6.92 Å². The van der Waals surface area contributed by atoms with E-state index in [9.17, 15) is 0 Å². The molecule has 3 nitrogen and oxygen atoms in total. The first-order valence-corrected chi connectivity index (χ1v) is 7.08. The Morgan fingerprint density at radius 1 is 1.21 bits per heavy atom. The second-order valence-electron chi connectivity index (χ2n) is 5.73. The maximum absolute atomic E-state index is 6.60. The zero-order chi connectivity index (χ0) is 13.3. The summed E-state index contributed by atoms with van der Waals surface area (Å²) in [6, 6.07) is 8.52. The molecule has 1 aromatic carbocycles. The molecule has 1 aromatic heterocycles. The maximum Gasteiger partial charge on any atom is 0.0649 e. The number of nitrogens with zero attached hydrogens (tertiary/aromatic N) is 2. The fraction of sp³-hybridized carbons (Fsp3) is 0.438. The van der Waals surface area contributed by atoms with Crippen LogP contribution >= 0.6 is 0 Å². The molecule has 0 amide bonds. The molecule has 0 saturated heterocycles. The second kappa shape index (κ2) is 4.82. The predicted molar refractivity (Wildman–Crippen MR) is 77.3 cm³/mol. The Balaban J connectivity index is 1.95. The highest BCUT2D eigenvalue weighted by Crippen LogP contribution is 2.35. The van der Waals surface area contributed by atoms with Crippen LogP contribution in [-0.2, 0) is 5.54 Å². The number of benzene rings is 1. The molecule has 0 atom stereocenters. The Morgan fingerprint density at radius 2 is 2.00 bits per heavy atom. The van der Waals surface area contributed by atoms with Gasteiger partial charge in [-0.1, -0.05) is 31.4 Å². The highest BCUT2D eigenvalue weighted by atomic mass is 15.3. The summed E-state index contributed by atoms with van der Waals surface area (Å²) in [5.74, 6) is 0. The van der Waals surface area contributed by atoms with Crippen molar-refractivity contribution in [2.45, 2.75) is 44.6 Å². The van der Waals surface area contributed by atoms with Crippen molar-refractivity contribution in [3.8, 4) is 5.69 Å². The molecule has 0 unspecified atom stereocenters. The zero-order valence-electron chi connectivity index (χ0n) is 11.5. The molecule has 19 heavy (non-hydrogen) atoms. The quantitative estimate of drug-likeness (QED) is 0.894. The topological polar surface area (TPSA) is 43.8 Å². The summed E-state index contributed by atoms with van der Waals surface area (Å²) in [7, 11) is 0. The van der Waals surface area contributed by atoms with E-state index in [2.05, 4.69) is 36.3 Å². The van der Waals surface area contributed by atoms with E-state index in [0.29, 0.717) is 0 Å². The molecule has 2 N–H and O–H groups in total. The number of hydrogen-bond donors (Lipinski definition) is 1. The minimum atomic E-state index is -0.142. The lowest BCUT2D eigenvalue weighted by Gasteiger charge is -2.34. The van der Waals surface area contributed by atoms with Gasteiger partial charge in [0.1, 0.15) is 0 Å². The molecule has 3 rings (SSSR count). The maximum atomic E-state index is 6.60. The lowest BCUT2D eigenvalue weighted by atomic mass is 9.77. The summed E-state index contributed by atoms with van der Waals surface area (Å²) in [6.07, 6.45) is 9.90. The van der Waals surface area contributed by atoms with Gasteiger partial charge in [-0.05, 0) is 43.0 Å². The third-order valence-electron chi connectivity index (χ3n) is 4.14. The summed E-state index contributed by atoms with van der Waals surface area (Å²) >= 11 is 0. The SMILES string of the molecule is Cc1cnn(-c2cccc(C3(N)CCCCC3)c2)c1. The van der Waals surface area contributed by atoms with E-state index in [1.165, 1.54) is 30.4 Å². The Hall–Kier alpha value is -1.61. The van der Waals surface area contributed by atoms with E-state index in [1.54, 1.807) is 0 Å². The van der Waals surface area contributed by atoms with Gasteiger partial charge >= 0.3 is 0 Å². The van der Waals surface area contributed by atoms with Gasteiger partial charge in [-0.3, -0.25) is 0 Å². The fourth-order valence-electron chi connectivity index (χ4n) is 2.98. The normalized spacial score (nSPS) is 18.4. The third-order valence-corrected chi connectivity index (χ3v) is 4.14. The van der Waals surface area contributed by atoms with Crippen LogP contribution in [0.15, 0.2) is 36.7 Å². The minimum Gasteiger partial charge on any atom is -0.321 e. The van der Waals surface area contributed by atoms with Crippen LogP contribution in [0.1, 0.15) is 43.2 Å². The third kappa shape index (κ3) is 2.43. The Labute approximate surface area is 114 Å². The number of hydrogen-bond acceptors (Lipinski definition) is 2. The van der Waals surface area contributed by atoms with E-state index in [-0.39, 0.29) is 5.54 Å². The average molecular weight is 255 g/mol. The molecule has 1 aliphatic carbocycles. The molecule has 3 heteroatoms. The van der Waals surface area contributed by atoms with E-state index < -0.39 is 0 Å². The highest BCUT2D eigenvalue weighted by molar-refractivity contribution is 5.39. The van der Waals surface area contributed by atoms with E-state index in [0.717, 1.165) is 18.5 Å². The summed E-state index contributed by atoms with van der Waals surface area (Å²) in [6.45, 7) is 2.05. The number of aryl methyl sites for hydroxylation is 1. The van der Waals surface area contributed by atoms with Crippen molar-refractivity contribution in [3.63, 3.8) is 0 Å². The largest absolute Gasteiger partial charge is 0.321 e. The molecule has 0 aliphatic heterocycles. The first kappa shape index (κ1) is 12.4. The Morgan fingerprint density at radius 3 is 2.68 bits per heavy atom. The van der Waals surface area contributed by atoms with Crippen LogP contribution in [0.5, 0.6) is 0 Å².